The number of benzene rings is 1. The Hall–Kier alpha value is -2.17. The van der Waals surface area contributed by atoms with Crippen molar-refractivity contribution in [2.45, 2.75) is 25.2 Å². The van der Waals surface area contributed by atoms with Crippen LogP contribution in [-0.2, 0) is 10.2 Å². The first kappa shape index (κ1) is 10.7. The molecule has 1 aromatic carbocycles. The van der Waals surface area contributed by atoms with Crippen molar-refractivity contribution < 1.29 is 4.79 Å². The highest BCUT2D eigenvalue weighted by Gasteiger charge is 2.58. The summed E-state index contributed by atoms with van der Waals surface area (Å²) in [7, 11) is 1.78. The molecule has 4 rings (SSSR count). The van der Waals surface area contributed by atoms with E-state index in [-0.39, 0.29) is 16.9 Å². The van der Waals surface area contributed by atoms with Crippen LogP contribution in [-0.4, -0.2) is 23.2 Å². The Bertz CT molecular complexity index is 802. The van der Waals surface area contributed by atoms with E-state index in [0.717, 1.165) is 35.2 Å². The second-order valence-corrected chi connectivity index (χ2v) is 5.50. The standard InChI is InChI=1S/C14H13N3O2/c1-7-8-5-10-11(6-9(8)12(18)16-15-7)17(2)13(19)14(10)3-4-14/h5-6H,3-4H2,1-2H3,(H,16,18). The maximum Gasteiger partial charge on any atom is 0.272 e. The molecule has 0 bridgehead atoms. The fraction of sp³-hybridized carbons (Fsp3) is 0.357. The number of likely N-dealkylation sites (N-methyl/N-ethyl adjacent to an activating group) is 1. The Balaban J connectivity index is 2.15. The van der Waals surface area contributed by atoms with Gasteiger partial charge in [0.15, 0.2) is 0 Å². The molecule has 0 saturated heterocycles. The van der Waals surface area contributed by atoms with Crippen LogP contribution < -0.4 is 10.5 Å². The first-order valence-corrected chi connectivity index (χ1v) is 6.36. The molecule has 0 atom stereocenters. The number of rotatable bonds is 0. The van der Waals surface area contributed by atoms with Crippen molar-refractivity contribution in [3.63, 3.8) is 0 Å². The molecule has 1 spiro atoms. The van der Waals surface area contributed by atoms with Crippen LogP contribution in [0.3, 0.4) is 0 Å². The zero-order chi connectivity index (χ0) is 13.4. The predicted octanol–water partition coefficient (Wildman–Crippen LogP) is 1.24. The van der Waals surface area contributed by atoms with Gasteiger partial charge < -0.3 is 4.90 Å². The Morgan fingerprint density at radius 2 is 2.00 bits per heavy atom. The quantitative estimate of drug-likeness (QED) is 0.770. The zero-order valence-corrected chi connectivity index (χ0v) is 10.8. The van der Waals surface area contributed by atoms with E-state index in [0.29, 0.717) is 5.39 Å². The molecule has 2 aromatic rings. The van der Waals surface area contributed by atoms with E-state index >= 15 is 0 Å². The molecule has 5 heteroatoms. The van der Waals surface area contributed by atoms with Gasteiger partial charge in [-0.3, -0.25) is 9.59 Å². The minimum atomic E-state index is -0.312. The molecule has 1 saturated carbocycles. The number of aromatic nitrogens is 2. The Morgan fingerprint density at radius 3 is 2.68 bits per heavy atom. The Morgan fingerprint density at radius 1 is 1.26 bits per heavy atom. The largest absolute Gasteiger partial charge is 0.314 e. The van der Waals surface area contributed by atoms with E-state index in [9.17, 15) is 9.59 Å². The molecule has 96 valence electrons. The van der Waals surface area contributed by atoms with E-state index in [1.54, 1.807) is 11.9 Å². The van der Waals surface area contributed by atoms with Crippen molar-refractivity contribution in [1.82, 2.24) is 10.2 Å². The van der Waals surface area contributed by atoms with Crippen LogP contribution in [0.25, 0.3) is 10.8 Å². The number of H-pyrrole nitrogens is 1. The van der Waals surface area contributed by atoms with Crippen molar-refractivity contribution >= 4 is 22.4 Å². The van der Waals surface area contributed by atoms with Crippen LogP contribution in [0.15, 0.2) is 16.9 Å². The van der Waals surface area contributed by atoms with Gasteiger partial charge in [-0.05, 0) is 37.5 Å². The maximum absolute atomic E-state index is 12.3. The molecular weight excluding hydrogens is 242 g/mol. The number of carbonyl (C=O) groups is 1. The Kier molecular flexibility index (Phi) is 1.72. The molecular formula is C14H13N3O2. The minimum Gasteiger partial charge on any atom is -0.314 e. The lowest BCUT2D eigenvalue weighted by molar-refractivity contribution is -0.119. The van der Waals surface area contributed by atoms with Gasteiger partial charge >= 0.3 is 0 Å². The number of hydrogen-bond donors (Lipinski definition) is 1. The van der Waals surface area contributed by atoms with Gasteiger partial charge in [-0.15, -0.1) is 0 Å². The summed E-state index contributed by atoms with van der Waals surface area (Å²) in [5.74, 6) is 0.153. The van der Waals surface area contributed by atoms with Crippen molar-refractivity contribution in [3.8, 4) is 0 Å². The molecule has 0 radical (unpaired) electrons. The van der Waals surface area contributed by atoms with Gasteiger partial charge in [-0.25, -0.2) is 5.10 Å². The first-order chi connectivity index (χ1) is 9.04. The molecule has 19 heavy (non-hydrogen) atoms. The molecule has 0 unspecified atom stereocenters. The summed E-state index contributed by atoms with van der Waals surface area (Å²) < 4.78 is 0. The van der Waals surface area contributed by atoms with Crippen LogP contribution in [0.4, 0.5) is 5.69 Å². The molecule has 1 fully saturated rings. The molecule has 1 N–H and O–H groups in total. The molecule has 1 aliphatic heterocycles. The normalized spacial score (nSPS) is 19.3. The van der Waals surface area contributed by atoms with Gasteiger partial charge in [0, 0.05) is 18.1 Å². The minimum absolute atomic E-state index is 0.153. The number of aryl methyl sites for hydroxylation is 1. The molecule has 2 heterocycles. The number of carbonyl (C=O) groups excluding carboxylic acids is 1. The van der Waals surface area contributed by atoms with Crippen molar-refractivity contribution in [3.05, 3.63) is 33.7 Å². The van der Waals surface area contributed by atoms with E-state index < -0.39 is 0 Å². The molecule has 2 aliphatic rings. The summed E-state index contributed by atoms with van der Waals surface area (Å²) >= 11 is 0. The highest BCUT2D eigenvalue weighted by Crippen LogP contribution is 2.57. The second-order valence-electron chi connectivity index (χ2n) is 5.50. The van der Waals surface area contributed by atoms with Crippen LogP contribution in [0, 0.1) is 6.92 Å². The number of amides is 1. The summed E-state index contributed by atoms with van der Waals surface area (Å²) in [5, 5.41) is 7.93. The lowest BCUT2D eigenvalue weighted by Crippen LogP contribution is -2.27. The average Bonchev–Trinajstić information content (AvgIpc) is 3.18. The maximum atomic E-state index is 12.3. The SMILES string of the molecule is Cc1n[nH]c(=O)c2cc3c(cc12)C1(CC1)C(=O)N3C. The average molecular weight is 255 g/mol. The fourth-order valence-corrected chi connectivity index (χ4v) is 3.15. The number of nitrogens with one attached hydrogen (secondary N) is 1. The summed E-state index contributed by atoms with van der Waals surface area (Å²) in [6, 6.07) is 3.81. The number of aromatic amines is 1. The zero-order valence-electron chi connectivity index (χ0n) is 10.8. The number of hydrogen-bond acceptors (Lipinski definition) is 3. The van der Waals surface area contributed by atoms with Crippen molar-refractivity contribution in [2.75, 3.05) is 11.9 Å². The summed E-state index contributed by atoms with van der Waals surface area (Å²) in [4.78, 5) is 25.9. The van der Waals surface area contributed by atoms with Gasteiger partial charge in [0.25, 0.3) is 5.56 Å². The molecule has 1 aromatic heterocycles. The highest BCUT2D eigenvalue weighted by molar-refractivity contribution is 6.11. The van der Waals surface area contributed by atoms with Gasteiger partial charge in [-0.1, -0.05) is 0 Å². The van der Waals surface area contributed by atoms with E-state index in [1.165, 1.54) is 0 Å². The predicted molar refractivity (Wildman–Crippen MR) is 71.4 cm³/mol. The van der Waals surface area contributed by atoms with E-state index in [1.807, 2.05) is 19.1 Å². The summed E-state index contributed by atoms with van der Waals surface area (Å²) in [6.45, 7) is 1.87. The first-order valence-electron chi connectivity index (χ1n) is 6.36. The van der Waals surface area contributed by atoms with Gasteiger partial charge in [0.05, 0.1) is 16.5 Å². The third-order valence-corrected chi connectivity index (χ3v) is 4.44. The third-order valence-electron chi connectivity index (χ3n) is 4.44. The monoisotopic (exact) mass is 255 g/mol. The molecule has 1 aliphatic carbocycles. The van der Waals surface area contributed by atoms with Crippen molar-refractivity contribution in [2.24, 2.45) is 0 Å². The smallest absolute Gasteiger partial charge is 0.272 e. The van der Waals surface area contributed by atoms with E-state index in [2.05, 4.69) is 10.2 Å². The fourth-order valence-electron chi connectivity index (χ4n) is 3.15. The van der Waals surface area contributed by atoms with Crippen LogP contribution in [0.1, 0.15) is 24.1 Å². The number of anilines is 1. The number of nitrogens with zero attached hydrogens (tertiary/aromatic N) is 2. The molecule has 5 nitrogen and oxygen atoms in total. The second kappa shape index (κ2) is 3.04. The molecule has 1 amide bonds. The van der Waals surface area contributed by atoms with Crippen LogP contribution in [0.2, 0.25) is 0 Å². The highest BCUT2D eigenvalue weighted by atomic mass is 16.2. The lowest BCUT2D eigenvalue weighted by Gasteiger charge is -2.10. The number of fused-ring (bicyclic) bond motifs is 3. The van der Waals surface area contributed by atoms with E-state index in [4.69, 9.17) is 0 Å². The van der Waals surface area contributed by atoms with Gasteiger partial charge in [0.2, 0.25) is 5.91 Å². The third kappa shape index (κ3) is 1.13. The topological polar surface area (TPSA) is 66.1 Å². The Labute approximate surface area is 109 Å². The van der Waals surface area contributed by atoms with Crippen molar-refractivity contribution in [1.29, 1.82) is 0 Å². The summed E-state index contributed by atoms with van der Waals surface area (Å²) in [5.41, 5.74) is 2.19. The lowest BCUT2D eigenvalue weighted by atomic mass is 9.95. The van der Waals surface area contributed by atoms with Crippen LogP contribution in [0.5, 0.6) is 0 Å². The van der Waals surface area contributed by atoms with Crippen LogP contribution >= 0.6 is 0 Å². The van der Waals surface area contributed by atoms with Gasteiger partial charge in [-0.2, -0.15) is 5.10 Å². The summed E-state index contributed by atoms with van der Waals surface area (Å²) in [6.07, 6.45) is 1.81. The van der Waals surface area contributed by atoms with Gasteiger partial charge in [0.1, 0.15) is 0 Å².